The fourth-order valence-electron chi connectivity index (χ4n) is 1.96. The summed E-state index contributed by atoms with van der Waals surface area (Å²) in [6.07, 6.45) is 3.41. The van der Waals surface area contributed by atoms with Crippen LogP contribution in [0.4, 0.5) is 0 Å². The van der Waals surface area contributed by atoms with E-state index in [1.807, 2.05) is 36.4 Å². The molecule has 0 heterocycles. The summed E-state index contributed by atoms with van der Waals surface area (Å²) in [6.45, 7) is 4.67. The van der Waals surface area contributed by atoms with E-state index in [0.29, 0.717) is 24.7 Å². The van der Waals surface area contributed by atoms with E-state index in [1.54, 1.807) is 19.4 Å². The molecule has 126 valence electrons. The highest BCUT2D eigenvalue weighted by molar-refractivity contribution is 9.10. The van der Waals surface area contributed by atoms with Gasteiger partial charge >= 0.3 is 0 Å². The first kappa shape index (κ1) is 18.4. The fraction of sp³-hybridized carbons (Fsp3) is 0.167. The maximum atomic E-state index is 5.86. The van der Waals surface area contributed by atoms with Crippen molar-refractivity contribution in [1.82, 2.24) is 5.43 Å². The number of nitrogens with one attached hydrogen (secondary N) is 1. The van der Waals surface area contributed by atoms with E-state index in [-0.39, 0.29) is 0 Å². The zero-order valence-corrected chi connectivity index (χ0v) is 15.6. The fourth-order valence-corrected chi connectivity index (χ4v) is 2.66. The summed E-state index contributed by atoms with van der Waals surface area (Å²) in [7, 11) is 1.60. The monoisotopic (exact) mass is 408 g/mol. The third-order valence-electron chi connectivity index (χ3n) is 3.10. The van der Waals surface area contributed by atoms with Gasteiger partial charge in [-0.15, -0.1) is 0 Å². The number of ether oxygens (including phenoxy) is 2. The normalized spacial score (nSPS) is 10.6. The first-order valence-electron chi connectivity index (χ1n) is 7.25. The average Bonchev–Trinajstić information content (AvgIpc) is 2.59. The van der Waals surface area contributed by atoms with Crippen LogP contribution in [0, 0.1) is 0 Å². The van der Waals surface area contributed by atoms with E-state index in [4.69, 9.17) is 21.1 Å². The van der Waals surface area contributed by atoms with Gasteiger partial charge < -0.3 is 14.9 Å². The number of methoxy groups -OCH3 is 1. The highest BCUT2D eigenvalue weighted by Crippen LogP contribution is 2.36. The van der Waals surface area contributed by atoms with Gasteiger partial charge in [0.05, 0.1) is 24.3 Å². The van der Waals surface area contributed by atoms with Crippen LogP contribution < -0.4 is 14.9 Å². The second kappa shape index (κ2) is 9.35. The van der Waals surface area contributed by atoms with E-state index in [0.717, 1.165) is 20.6 Å². The predicted octanol–water partition coefficient (Wildman–Crippen LogP) is 4.80. The molecule has 0 aliphatic rings. The molecule has 0 aromatic heterocycles. The van der Waals surface area contributed by atoms with Gasteiger partial charge in [-0.3, -0.25) is 0 Å². The minimum Gasteiger partial charge on any atom is -0.493 e. The molecule has 1 N–H and O–H groups in total. The van der Waals surface area contributed by atoms with Crippen molar-refractivity contribution in [2.45, 2.75) is 6.54 Å². The molecule has 24 heavy (non-hydrogen) atoms. The van der Waals surface area contributed by atoms with Crippen molar-refractivity contribution in [3.05, 3.63) is 69.7 Å². The molecule has 0 radical (unpaired) electrons. The van der Waals surface area contributed by atoms with Crippen molar-refractivity contribution in [3.63, 3.8) is 0 Å². The maximum Gasteiger partial charge on any atom is 0.175 e. The first-order valence-corrected chi connectivity index (χ1v) is 8.42. The molecular weight excluding hydrogens is 392 g/mol. The largest absolute Gasteiger partial charge is 0.493 e. The molecule has 0 saturated carbocycles. The van der Waals surface area contributed by atoms with Crippen molar-refractivity contribution in [2.24, 2.45) is 5.10 Å². The maximum absolute atomic E-state index is 5.86. The summed E-state index contributed by atoms with van der Waals surface area (Å²) in [5.41, 5.74) is 4.98. The number of hydrogen-bond donors (Lipinski definition) is 1. The summed E-state index contributed by atoms with van der Waals surface area (Å²) in [5.74, 6) is 1.27. The summed E-state index contributed by atoms with van der Waals surface area (Å²) in [4.78, 5) is 0. The van der Waals surface area contributed by atoms with Crippen LogP contribution in [-0.2, 0) is 6.54 Å². The Morgan fingerprint density at radius 2 is 2.04 bits per heavy atom. The second-order valence-corrected chi connectivity index (χ2v) is 6.14. The van der Waals surface area contributed by atoms with Crippen LogP contribution >= 0.6 is 27.5 Å². The molecule has 0 fully saturated rings. The van der Waals surface area contributed by atoms with Gasteiger partial charge in [0.25, 0.3) is 0 Å². The van der Waals surface area contributed by atoms with Gasteiger partial charge in [0.1, 0.15) is 6.61 Å². The summed E-state index contributed by atoms with van der Waals surface area (Å²) in [6, 6.07) is 11.4. The Morgan fingerprint density at radius 1 is 1.29 bits per heavy atom. The number of nitrogens with zero attached hydrogens (tertiary/aromatic N) is 1. The van der Waals surface area contributed by atoms with Crippen molar-refractivity contribution in [3.8, 4) is 11.5 Å². The number of rotatable bonds is 8. The Balaban J connectivity index is 2.02. The van der Waals surface area contributed by atoms with E-state index in [1.165, 1.54) is 0 Å². The smallest absolute Gasteiger partial charge is 0.175 e. The topological polar surface area (TPSA) is 42.8 Å². The Labute approximate surface area is 155 Å². The van der Waals surface area contributed by atoms with Crippen molar-refractivity contribution < 1.29 is 9.47 Å². The minimum absolute atomic E-state index is 0.408. The lowest BCUT2D eigenvalue weighted by Crippen LogP contribution is -2.05. The first-order chi connectivity index (χ1) is 11.6. The third-order valence-corrected chi connectivity index (χ3v) is 3.94. The van der Waals surface area contributed by atoms with Crippen LogP contribution in [0.3, 0.4) is 0 Å². The van der Waals surface area contributed by atoms with E-state index < -0.39 is 0 Å². The lowest BCUT2D eigenvalue weighted by molar-refractivity contribution is 0.324. The molecular formula is C18H18BrClN2O2. The van der Waals surface area contributed by atoms with Gasteiger partial charge in [-0.1, -0.05) is 36.4 Å². The van der Waals surface area contributed by atoms with E-state index in [2.05, 4.69) is 33.0 Å². The van der Waals surface area contributed by atoms with Gasteiger partial charge in [0.2, 0.25) is 0 Å². The van der Waals surface area contributed by atoms with Gasteiger partial charge in [-0.2, -0.15) is 5.10 Å². The summed E-state index contributed by atoms with van der Waals surface area (Å²) in [5, 5.41) is 4.95. The number of hydrogen-bond acceptors (Lipinski definition) is 4. The van der Waals surface area contributed by atoms with Gasteiger partial charge in [0.15, 0.2) is 11.5 Å². The van der Waals surface area contributed by atoms with Crippen LogP contribution in [-0.4, -0.2) is 19.9 Å². The lowest BCUT2D eigenvalue weighted by atomic mass is 10.2. The molecule has 0 atom stereocenters. The average molecular weight is 410 g/mol. The van der Waals surface area contributed by atoms with Gasteiger partial charge in [0, 0.05) is 5.02 Å². The summed E-state index contributed by atoms with van der Waals surface area (Å²) < 4.78 is 11.8. The van der Waals surface area contributed by atoms with E-state index >= 15 is 0 Å². The van der Waals surface area contributed by atoms with Gasteiger partial charge in [-0.25, -0.2) is 0 Å². The van der Waals surface area contributed by atoms with Gasteiger partial charge in [-0.05, 0) is 51.3 Å². The molecule has 0 aliphatic heterocycles. The van der Waals surface area contributed by atoms with E-state index in [9.17, 15) is 0 Å². The van der Waals surface area contributed by atoms with Crippen molar-refractivity contribution in [2.75, 3.05) is 13.7 Å². The molecule has 2 rings (SSSR count). The zero-order valence-electron chi connectivity index (χ0n) is 13.3. The number of benzene rings is 2. The molecule has 0 amide bonds. The summed E-state index contributed by atoms with van der Waals surface area (Å²) >= 11 is 9.35. The van der Waals surface area contributed by atoms with Crippen LogP contribution in [0.1, 0.15) is 11.1 Å². The molecule has 0 unspecified atom stereocenters. The minimum atomic E-state index is 0.408. The van der Waals surface area contributed by atoms with Crippen LogP contribution in [0.2, 0.25) is 5.02 Å². The van der Waals surface area contributed by atoms with Crippen LogP contribution in [0.25, 0.3) is 0 Å². The molecule has 0 saturated heterocycles. The molecule has 0 aliphatic carbocycles. The van der Waals surface area contributed by atoms with Crippen molar-refractivity contribution in [1.29, 1.82) is 0 Å². The molecule has 2 aromatic rings. The van der Waals surface area contributed by atoms with Crippen LogP contribution in [0.15, 0.2) is 58.6 Å². The molecule has 0 bridgehead atoms. The van der Waals surface area contributed by atoms with Crippen molar-refractivity contribution >= 4 is 33.7 Å². The predicted molar refractivity (Wildman–Crippen MR) is 102 cm³/mol. The standard InChI is InChI=1S/C18H18BrClN2O2/c1-3-8-24-18-16(19)9-14(10-17(18)23-2)12-22-21-11-13-4-6-15(20)7-5-13/h3-7,9-10,12,21H,1,8,11H2,2H3/b22-12-. The molecule has 4 nitrogen and oxygen atoms in total. The highest BCUT2D eigenvalue weighted by Gasteiger charge is 2.10. The Morgan fingerprint density at radius 3 is 2.71 bits per heavy atom. The quantitative estimate of drug-likeness (QED) is 0.387. The number of hydrazone groups is 1. The zero-order chi connectivity index (χ0) is 17.4. The van der Waals surface area contributed by atoms with Crippen LogP contribution in [0.5, 0.6) is 11.5 Å². The molecule has 2 aromatic carbocycles. The highest BCUT2D eigenvalue weighted by atomic mass is 79.9. The molecule has 0 spiro atoms. The number of halogens is 2. The molecule has 6 heteroatoms. The Kier molecular flexibility index (Phi) is 7.15. The lowest BCUT2D eigenvalue weighted by Gasteiger charge is -2.12. The Bertz CT molecular complexity index is 718. The Hall–Kier alpha value is -1.98. The third kappa shape index (κ3) is 5.28. The SMILES string of the molecule is C=CCOc1c(Br)cc(/C=N\NCc2ccc(Cl)cc2)cc1OC. The second-order valence-electron chi connectivity index (χ2n) is 4.85.